The van der Waals surface area contributed by atoms with Crippen LogP contribution in [-0.4, -0.2) is 61.4 Å². The van der Waals surface area contributed by atoms with Gasteiger partial charge in [-0.05, 0) is 56.3 Å². The fourth-order valence-electron chi connectivity index (χ4n) is 5.77. The van der Waals surface area contributed by atoms with E-state index in [1.165, 1.54) is 28.9 Å². The van der Waals surface area contributed by atoms with Gasteiger partial charge in [0.25, 0.3) is 10.1 Å². The average Bonchev–Trinajstić information content (AvgIpc) is 3.77. The number of aromatic nitrogens is 5. The molecule has 0 fully saturated rings. The molecule has 290 valence electrons. The standard InChI is InChI=1S/C20H16N4O5S.C16H14N6O3S.Cr.2Na/c1-12-18(20(26)24(23-12)13-7-3-2-4-8-13)21-22-19-15-10-6-5-9-14(15)17(11-16(19)25)30(27,28)29;1-9-15(16-18-11-4-2-3-5-13(11)22(16)21-9)20-19-12-8-10(26(17,24)25)6-7-14(12)23;;;/h2-11,25-26H,1H3,(H,27,28,29);2-8,21,23H,1H3,(H2,17,24,25);;;/q;;;2*+1. The number of nitrogens with one attached hydrogen (secondary N) is 2. The minimum Gasteiger partial charge on any atom is -0.506 e. The molecule has 0 saturated heterocycles. The van der Waals surface area contributed by atoms with Gasteiger partial charge in [-0.1, -0.05) is 54.6 Å². The summed E-state index contributed by atoms with van der Waals surface area (Å²) < 4.78 is 63.9. The van der Waals surface area contributed by atoms with Crippen molar-refractivity contribution in [2.24, 2.45) is 20.5 Å². The van der Waals surface area contributed by atoms with E-state index in [0.29, 0.717) is 22.7 Å². The van der Waals surface area contributed by atoms with Crippen LogP contribution in [0.3, 0.4) is 0 Å². The van der Waals surface area contributed by atoms with Crippen LogP contribution in [0.4, 0.5) is 22.7 Å². The van der Waals surface area contributed by atoms with Crippen LogP contribution in [-0.2, 0) is 37.5 Å². The zero-order chi connectivity index (χ0) is 39.9. The van der Waals surface area contributed by atoms with Crippen LogP contribution in [0, 0.1) is 18.6 Å². The van der Waals surface area contributed by atoms with Crippen LogP contribution < -0.4 is 59.1 Å². The molecule has 7 N–H and O–H groups in total. The molecule has 0 radical (unpaired) electrons. The van der Waals surface area contributed by atoms with Crippen molar-refractivity contribution in [3.05, 3.63) is 115 Å². The van der Waals surface area contributed by atoms with Crippen molar-refractivity contribution in [2.45, 2.75) is 23.6 Å². The van der Waals surface area contributed by atoms with Gasteiger partial charge in [-0.2, -0.15) is 18.2 Å². The molecule has 0 aliphatic rings. The van der Waals surface area contributed by atoms with E-state index in [1.54, 1.807) is 47.8 Å². The minimum atomic E-state index is -4.56. The zero-order valence-electron chi connectivity index (χ0n) is 31.6. The summed E-state index contributed by atoms with van der Waals surface area (Å²) in [6, 6.07) is 27.3. The number of H-pyrrole nitrogens is 1. The summed E-state index contributed by atoms with van der Waals surface area (Å²) in [7, 11) is -8.47. The smallest absolute Gasteiger partial charge is 0.506 e. The number of hydrogen-bond donors (Lipinski definition) is 7. The molecule has 0 spiro atoms. The molecule has 1 unspecified atom stereocenters. The number of rotatable bonds is 7. The number of para-hydroxylation sites is 3. The topological polar surface area (TPSA) is 277 Å². The molecular formula is C36H30CrN10Na2O8S2+2. The molecule has 0 aliphatic carbocycles. The first kappa shape index (κ1) is 47.2. The van der Waals surface area contributed by atoms with Crippen LogP contribution in [0.25, 0.3) is 33.1 Å². The number of hydrogen-bond acceptors (Lipinski definition) is 13. The molecule has 3 heterocycles. The Kier molecular flexibility index (Phi) is 15.1. The third-order valence-corrected chi connectivity index (χ3v) is 10.2. The minimum absolute atomic E-state index is 0. The molecule has 5 aromatic carbocycles. The van der Waals surface area contributed by atoms with Crippen molar-refractivity contribution in [3.63, 3.8) is 0 Å². The third kappa shape index (κ3) is 9.79. The maximum Gasteiger partial charge on any atom is 1.00 e. The summed E-state index contributed by atoms with van der Waals surface area (Å²) in [5.41, 5.74) is 4.60. The molecule has 0 amide bonds. The van der Waals surface area contributed by atoms with Crippen LogP contribution in [0.15, 0.2) is 133 Å². The maximum atomic E-state index is 11.7. The molecule has 0 saturated carbocycles. The summed E-state index contributed by atoms with van der Waals surface area (Å²) >= 11 is 0. The first-order valence-electron chi connectivity index (χ1n) is 16.3. The molecule has 3 aromatic heterocycles. The Morgan fingerprint density at radius 2 is 1.32 bits per heavy atom. The van der Waals surface area contributed by atoms with Gasteiger partial charge in [0.15, 0.2) is 27.0 Å². The Morgan fingerprint density at radius 1 is 0.712 bits per heavy atom. The maximum absolute atomic E-state index is 11.7. The fourth-order valence-corrected chi connectivity index (χ4v) is 7.01. The van der Waals surface area contributed by atoms with E-state index in [-0.39, 0.29) is 121 Å². The monoisotopic (exact) mass is 892 g/mol. The van der Waals surface area contributed by atoms with E-state index in [1.807, 2.05) is 37.3 Å². The zero-order valence-corrected chi connectivity index (χ0v) is 38.5. The number of phenolic OH excluding ortho intramolecular Hbond substituents is 2. The number of nitrogens with zero attached hydrogens (tertiary/aromatic N) is 8. The van der Waals surface area contributed by atoms with E-state index in [4.69, 9.17) is 4.78 Å². The number of aryl methyl sites for hydroxylation is 2. The van der Waals surface area contributed by atoms with Gasteiger partial charge in [0.05, 0.1) is 33.0 Å². The first-order chi connectivity index (χ1) is 26.6. The van der Waals surface area contributed by atoms with Crippen molar-refractivity contribution < 1.29 is 114 Å². The van der Waals surface area contributed by atoms with Gasteiger partial charge in [0.1, 0.15) is 27.8 Å². The number of phenols is 2. The molecular weight excluding hydrogens is 863 g/mol. The molecule has 0 aliphatic heterocycles. The number of imidazole rings is 1. The number of aromatic hydroxyl groups is 3. The van der Waals surface area contributed by atoms with Crippen molar-refractivity contribution in [2.75, 3.05) is 0 Å². The summed E-state index contributed by atoms with van der Waals surface area (Å²) in [4.78, 5) is 3.93. The van der Waals surface area contributed by atoms with Gasteiger partial charge in [-0.25, -0.2) is 18.5 Å². The van der Waals surface area contributed by atoms with E-state index in [0.717, 1.165) is 28.9 Å². The van der Waals surface area contributed by atoms with E-state index >= 15 is 0 Å². The van der Waals surface area contributed by atoms with Gasteiger partial charge >= 0.3 is 59.1 Å². The van der Waals surface area contributed by atoms with Gasteiger partial charge in [-0.3, -0.25) is 14.2 Å². The third-order valence-electron chi connectivity index (χ3n) is 8.42. The summed E-state index contributed by atoms with van der Waals surface area (Å²) in [5.74, 6) is -0.933. The molecule has 8 aromatic rings. The van der Waals surface area contributed by atoms with Crippen LogP contribution >= 0.6 is 0 Å². The molecule has 18 nitrogen and oxygen atoms in total. The van der Waals surface area contributed by atoms with E-state index in [2.05, 4.69) is 35.6 Å². The summed E-state index contributed by atoms with van der Waals surface area (Å²) in [5, 5.41) is 54.9. The summed E-state index contributed by atoms with van der Waals surface area (Å²) in [6.45, 7) is 3.46. The molecule has 0 bridgehead atoms. The van der Waals surface area contributed by atoms with Crippen molar-refractivity contribution >= 4 is 70.3 Å². The predicted molar refractivity (Wildman–Crippen MR) is 205 cm³/mol. The predicted octanol–water partition coefficient (Wildman–Crippen LogP) is 2.54. The number of azo groups is 2. The van der Waals surface area contributed by atoms with Crippen LogP contribution in [0.2, 0.25) is 0 Å². The van der Waals surface area contributed by atoms with Crippen molar-refractivity contribution in [1.82, 2.24) is 24.4 Å². The molecule has 23 heteroatoms. The largest absolute Gasteiger partial charge is 1.00 e. The van der Waals surface area contributed by atoms with Gasteiger partial charge in [0.2, 0.25) is 5.88 Å². The number of aromatic amines is 1. The van der Waals surface area contributed by atoms with Gasteiger partial charge in [0, 0.05) is 34.2 Å². The van der Waals surface area contributed by atoms with E-state index < -0.39 is 30.8 Å². The second-order valence-corrected chi connectivity index (χ2v) is 15.1. The fraction of sp³-hybridized carbons (Fsp3) is 0.0556. The van der Waals surface area contributed by atoms with Crippen molar-refractivity contribution in [3.8, 4) is 23.1 Å². The Hall–Kier alpha value is -4.47. The Balaban J connectivity index is 0.000000250. The summed E-state index contributed by atoms with van der Waals surface area (Å²) in [6.07, 6.45) is 0. The molecule has 8 rings (SSSR count). The van der Waals surface area contributed by atoms with Crippen LogP contribution in [0.1, 0.15) is 11.4 Å². The molecule has 1 atom stereocenters. The number of benzene rings is 5. The SMILES string of the molecule is Cc1[nH]n2c(nc3ccccc32)c1N=Nc1cc(S(=N)(=O)O)ccc1O.Cc1nn(-c2ccccc2)c(O)c1N=Nc1c(O)cc(S(=O)(=O)O)c2ccccc12.[Cr].[Na+].[Na+]. The first-order valence-corrected chi connectivity index (χ1v) is 19.3. The van der Waals surface area contributed by atoms with Gasteiger partial charge < -0.3 is 15.3 Å². The Labute approximate surface area is 391 Å². The second kappa shape index (κ2) is 18.8. The van der Waals surface area contributed by atoms with Gasteiger partial charge in [-0.15, -0.1) is 20.5 Å². The normalized spacial score (nSPS) is 12.5. The second-order valence-electron chi connectivity index (χ2n) is 12.2. The Morgan fingerprint density at radius 3 is 2.00 bits per heavy atom. The number of fused-ring (bicyclic) bond motifs is 4. The van der Waals surface area contributed by atoms with E-state index in [9.17, 15) is 37.1 Å². The average molecular weight is 893 g/mol. The Bertz CT molecular complexity index is 3120. The molecule has 59 heavy (non-hydrogen) atoms. The van der Waals surface area contributed by atoms with Crippen molar-refractivity contribution in [1.29, 1.82) is 4.78 Å². The van der Waals surface area contributed by atoms with Crippen LogP contribution in [0.5, 0.6) is 17.4 Å². The quantitative estimate of drug-likeness (QED) is 0.0698.